The Kier molecular flexibility index (Phi) is 4.53. The van der Waals surface area contributed by atoms with E-state index < -0.39 is 5.97 Å². The molecule has 0 saturated heterocycles. The SMILES string of the molecule is C=C(CNOCc1ccccc1)C(=O)O. The molecule has 2 N–H and O–H groups in total. The van der Waals surface area contributed by atoms with Crippen LogP contribution in [0.3, 0.4) is 0 Å². The molecular formula is C11H13NO3. The lowest BCUT2D eigenvalue weighted by molar-refractivity contribution is -0.133. The van der Waals surface area contributed by atoms with Crippen LogP contribution in [0.25, 0.3) is 0 Å². The summed E-state index contributed by atoms with van der Waals surface area (Å²) in [5.41, 5.74) is 3.63. The molecule has 0 radical (unpaired) electrons. The number of carbonyl (C=O) groups is 1. The van der Waals surface area contributed by atoms with Crippen LogP contribution in [-0.4, -0.2) is 17.6 Å². The maximum atomic E-state index is 10.4. The summed E-state index contributed by atoms with van der Waals surface area (Å²) >= 11 is 0. The summed E-state index contributed by atoms with van der Waals surface area (Å²) in [6, 6.07) is 9.59. The van der Waals surface area contributed by atoms with E-state index in [0.717, 1.165) is 5.56 Å². The van der Waals surface area contributed by atoms with Crippen LogP contribution in [0.1, 0.15) is 5.56 Å². The van der Waals surface area contributed by atoms with Gasteiger partial charge in [0.2, 0.25) is 0 Å². The van der Waals surface area contributed by atoms with Gasteiger partial charge in [-0.25, -0.2) is 4.79 Å². The second kappa shape index (κ2) is 5.95. The lowest BCUT2D eigenvalue weighted by Gasteiger charge is -2.05. The minimum atomic E-state index is -1.02. The van der Waals surface area contributed by atoms with Crippen molar-refractivity contribution in [2.45, 2.75) is 6.61 Å². The molecule has 15 heavy (non-hydrogen) atoms. The highest BCUT2D eigenvalue weighted by Gasteiger charge is 2.02. The fourth-order valence-electron chi connectivity index (χ4n) is 0.922. The maximum Gasteiger partial charge on any atom is 0.332 e. The molecule has 4 nitrogen and oxygen atoms in total. The van der Waals surface area contributed by atoms with Crippen LogP contribution in [0.2, 0.25) is 0 Å². The van der Waals surface area contributed by atoms with Crippen LogP contribution in [0.5, 0.6) is 0 Å². The molecule has 0 aliphatic heterocycles. The number of rotatable bonds is 6. The first kappa shape index (κ1) is 11.4. The van der Waals surface area contributed by atoms with Crippen LogP contribution >= 0.6 is 0 Å². The summed E-state index contributed by atoms with van der Waals surface area (Å²) in [5, 5.41) is 8.50. The normalized spacial score (nSPS) is 9.87. The molecule has 0 aliphatic rings. The fourth-order valence-corrected chi connectivity index (χ4v) is 0.922. The third-order valence-electron chi connectivity index (χ3n) is 1.77. The zero-order valence-electron chi connectivity index (χ0n) is 8.27. The highest BCUT2D eigenvalue weighted by Crippen LogP contribution is 1.99. The van der Waals surface area contributed by atoms with Gasteiger partial charge in [0.1, 0.15) is 0 Å². The topological polar surface area (TPSA) is 58.6 Å². The van der Waals surface area contributed by atoms with Gasteiger partial charge in [-0.1, -0.05) is 36.9 Å². The largest absolute Gasteiger partial charge is 0.478 e. The molecule has 1 rings (SSSR count). The van der Waals surface area contributed by atoms with Crippen LogP contribution in [0.4, 0.5) is 0 Å². The van der Waals surface area contributed by atoms with Crippen molar-refractivity contribution in [3.05, 3.63) is 48.0 Å². The minimum absolute atomic E-state index is 0.0723. The Bertz CT molecular complexity index is 335. The van der Waals surface area contributed by atoms with Gasteiger partial charge in [-0.15, -0.1) is 0 Å². The van der Waals surface area contributed by atoms with Gasteiger partial charge in [0.15, 0.2) is 0 Å². The molecule has 1 aromatic carbocycles. The first-order valence-electron chi connectivity index (χ1n) is 4.50. The molecular weight excluding hydrogens is 194 g/mol. The van der Waals surface area contributed by atoms with Gasteiger partial charge in [0.25, 0.3) is 0 Å². The maximum absolute atomic E-state index is 10.4. The molecule has 0 bridgehead atoms. The quantitative estimate of drug-likeness (QED) is 0.420. The summed E-state index contributed by atoms with van der Waals surface area (Å²) in [6.07, 6.45) is 0. The number of benzene rings is 1. The molecule has 0 spiro atoms. The Morgan fingerprint density at radius 2 is 2.07 bits per heavy atom. The Hall–Kier alpha value is -1.65. The van der Waals surface area contributed by atoms with Gasteiger partial charge < -0.3 is 5.11 Å². The van der Waals surface area contributed by atoms with Crippen molar-refractivity contribution in [1.29, 1.82) is 0 Å². The number of hydroxylamine groups is 1. The number of aliphatic carboxylic acids is 1. The van der Waals surface area contributed by atoms with Gasteiger partial charge in [-0.05, 0) is 5.56 Å². The lowest BCUT2D eigenvalue weighted by Crippen LogP contribution is -2.20. The third-order valence-corrected chi connectivity index (χ3v) is 1.77. The van der Waals surface area contributed by atoms with E-state index in [1.165, 1.54) is 0 Å². The number of nitrogens with one attached hydrogen (secondary N) is 1. The molecule has 0 amide bonds. The van der Waals surface area contributed by atoms with E-state index >= 15 is 0 Å². The van der Waals surface area contributed by atoms with Gasteiger partial charge in [0, 0.05) is 5.57 Å². The molecule has 80 valence electrons. The standard InChI is InChI=1S/C11H13NO3/c1-9(11(13)14)7-12-15-8-10-5-3-2-4-6-10/h2-6,12H,1,7-8H2,(H,13,14). The summed E-state index contributed by atoms with van der Waals surface area (Å²) < 4.78 is 0. The van der Waals surface area contributed by atoms with Crippen molar-refractivity contribution in [2.75, 3.05) is 6.54 Å². The van der Waals surface area contributed by atoms with Crippen molar-refractivity contribution in [1.82, 2.24) is 5.48 Å². The van der Waals surface area contributed by atoms with Crippen LogP contribution in [0, 0.1) is 0 Å². The molecule has 0 heterocycles. The molecule has 0 atom stereocenters. The van der Waals surface area contributed by atoms with Gasteiger partial charge in [-0.3, -0.25) is 4.84 Å². The van der Waals surface area contributed by atoms with E-state index in [2.05, 4.69) is 12.1 Å². The van der Waals surface area contributed by atoms with Crippen LogP contribution in [0.15, 0.2) is 42.5 Å². The highest BCUT2D eigenvalue weighted by molar-refractivity contribution is 5.86. The van der Waals surface area contributed by atoms with E-state index in [4.69, 9.17) is 9.94 Å². The molecule has 0 aliphatic carbocycles. The van der Waals surface area contributed by atoms with E-state index in [1.54, 1.807) is 0 Å². The first-order valence-corrected chi connectivity index (χ1v) is 4.50. The minimum Gasteiger partial charge on any atom is -0.478 e. The van der Waals surface area contributed by atoms with Crippen molar-refractivity contribution in [3.8, 4) is 0 Å². The van der Waals surface area contributed by atoms with Gasteiger partial charge in [0.05, 0.1) is 13.2 Å². The average molecular weight is 207 g/mol. The predicted molar refractivity (Wildman–Crippen MR) is 56.0 cm³/mol. The smallest absolute Gasteiger partial charge is 0.332 e. The Balaban J connectivity index is 2.18. The van der Waals surface area contributed by atoms with Crippen molar-refractivity contribution >= 4 is 5.97 Å². The zero-order valence-corrected chi connectivity index (χ0v) is 8.27. The van der Waals surface area contributed by atoms with E-state index in [1.807, 2.05) is 30.3 Å². The summed E-state index contributed by atoms with van der Waals surface area (Å²) in [4.78, 5) is 15.4. The number of carboxylic acid groups (broad SMARTS) is 1. The molecule has 0 unspecified atom stereocenters. The average Bonchev–Trinajstić information content (AvgIpc) is 2.25. The van der Waals surface area contributed by atoms with Gasteiger partial charge >= 0.3 is 5.97 Å². The summed E-state index contributed by atoms with van der Waals surface area (Å²) in [5.74, 6) is -1.02. The fraction of sp³-hybridized carbons (Fsp3) is 0.182. The number of hydrogen-bond donors (Lipinski definition) is 2. The lowest BCUT2D eigenvalue weighted by atomic mass is 10.2. The second-order valence-corrected chi connectivity index (χ2v) is 3.00. The Morgan fingerprint density at radius 3 is 2.67 bits per heavy atom. The van der Waals surface area contributed by atoms with Crippen LogP contribution < -0.4 is 5.48 Å². The summed E-state index contributed by atoms with van der Waals surface area (Å²) in [7, 11) is 0. The first-order chi connectivity index (χ1) is 7.20. The molecule has 1 aromatic rings. The molecule has 0 aromatic heterocycles. The predicted octanol–water partition coefficient (Wildman–Crippen LogP) is 1.35. The highest BCUT2D eigenvalue weighted by atomic mass is 16.6. The zero-order chi connectivity index (χ0) is 11.1. The van der Waals surface area contributed by atoms with Crippen molar-refractivity contribution < 1.29 is 14.7 Å². The van der Waals surface area contributed by atoms with E-state index in [-0.39, 0.29) is 12.1 Å². The van der Waals surface area contributed by atoms with Crippen LogP contribution in [-0.2, 0) is 16.2 Å². The second-order valence-electron chi connectivity index (χ2n) is 3.00. The molecule has 4 heteroatoms. The van der Waals surface area contributed by atoms with Crippen molar-refractivity contribution in [2.24, 2.45) is 0 Å². The van der Waals surface area contributed by atoms with Gasteiger partial charge in [-0.2, -0.15) is 5.48 Å². The Labute approximate surface area is 88.1 Å². The number of carboxylic acids is 1. The monoisotopic (exact) mass is 207 g/mol. The molecule has 0 saturated carbocycles. The van der Waals surface area contributed by atoms with E-state index in [9.17, 15) is 4.79 Å². The number of hydrogen-bond acceptors (Lipinski definition) is 3. The van der Waals surface area contributed by atoms with Crippen molar-refractivity contribution in [3.63, 3.8) is 0 Å². The Morgan fingerprint density at radius 1 is 1.40 bits per heavy atom. The van der Waals surface area contributed by atoms with E-state index in [0.29, 0.717) is 6.61 Å². The third kappa shape index (κ3) is 4.39. The summed E-state index contributed by atoms with van der Waals surface area (Å²) in [6.45, 7) is 3.87. The molecule has 0 fully saturated rings.